The van der Waals surface area contributed by atoms with Crippen LogP contribution in [-0.4, -0.2) is 73.8 Å². The first-order valence-electron chi connectivity index (χ1n) is 14.0. The van der Waals surface area contributed by atoms with Crippen molar-refractivity contribution in [1.29, 1.82) is 0 Å². The first-order valence-corrected chi connectivity index (χ1v) is 18.2. The Morgan fingerprint density at radius 1 is 1.00 bits per heavy atom. The van der Waals surface area contributed by atoms with Crippen molar-refractivity contribution in [3.8, 4) is 0 Å². The van der Waals surface area contributed by atoms with Gasteiger partial charge in [0.1, 0.15) is 19.1 Å². The van der Waals surface area contributed by atoms with Gasteiger partial charge in [0, 0.05) is 40.3 Å². The summed E-state index contributed by atoms with van der Waals surface area (Å²) in [5, 5.41) is 0. The molecule has 228 valence electrons. The number of Topliss-reactive ketones (excluding diaryl/α,β-unsaturated/α-hetero) is 1. The van der Waals surface area contributed by atoms with Gasteiger partial charge in [0.25, 0.3) is 0 Å². The van der Waals surface area contributed by atoms with Gasteiger partial charge in [0.2, 0.25) is 0 Å². The van der Waals surface area contributed by atoms with Crippen LogP contribution in [0.5, 0.6) is 0 Å². The standard InChI is InChI=1S/C29H55O8PSi/c1-12-16-17-18-19-27(33-9)29(36-22-32-8)25(7)28(37-39(13-2,14-3)15-4)24(6)20-23(5)26(30)21-38(31,34-10)35-11/h12,18-20,23,25,27-29H,1,13-17,21-22H2,2-11H3/b19-18+,24-20+/t23-,25+,27-,28-,29-/m0/s1. The molecule has 0 radical (unpaired) electrons. The number of carbonyl (C=O) groups excluding carboxylic acids is 1. The van der Waals surface area contributed by atoms with Crippen molar-refractivity contribution in [3.63, 3.8) is 0 Å². The third-order valence-electron chi connectivity index (χ3n) is 7.52. The lowest BCUT2D eigenvalue weighted by atomic mass is 9.88. The topological polar surface area (TPSA) is 89.5 Å². The Bertz CT molecular complexity index is 795. The van der Waals surface area contributed by atoms with Crippen LogP contribution in [0, 0.1) is 11.8 Å². The minimum Gasteiger partial charge on any atom is -0.410 e. The average molecular weight is 591 g/mol. The van der Waals surface area contributed by atoms with E-state index >= 15 is 0 Å². The molecule has 0 heterocycles. The summed E-state index contributed by atoms with van der Waals surface area (Å²) in [7, 11) is 0.331. The minimum absolute atomic E-state index is 0.112. The molecule has 0 rings (SSSR count). The fraction of sp³-hybridized carbons (Fsp3) is 0.759. The number of ether oxygens (including phenoxy) is 3. The van der Waals surface area contributed by atoms with E-state index < -0.39 is 21.8 Å². The number of hydrogen-bond donors (Lipinski definition) is 0. The minimum atomic E-state index is -3.45. The van der Waals surface area contributed by atoms with Crippen molar-refractivity contribution < 1.29 is 37.0 Å². The van der Waals surface area contributed by atoms with Crippen LogP contribution < -0.4 is 0 Å². The molecule has 5 atom stereocenters. The normalized spacial score (nSPS) is 17.1. The van der Waals surface area contributed by atoms with Crippen molar-refractivity contribution in [3.05, 3.63) is 36.5 Å². The second-order valence-corrected chi connectivity index (χ2v) is 17.0. The molecule has 0 unspecified atom stereocenters. The lowest BCUT2D eigenvalue weighted by Crippen LogP contribution is -2.48. The zero-order valence-electron chi connectivity index (χ0n) is 26.1. The van der Waals surface area contributed by atoms with Gasteiger partial charge in [0.15, 0.2) is 14.1 Å². The quantitative estimate of drug-likeness (QED) is 0.0407. The maximum atomic E-state index is 13.0. The predicted molar refractivity (Wildman–Crippen MR) is 162 cm³/mol. The predicted octanol–water partition coefficient (Wildman–Crippen LogP) is 7.18. The van der Waals surface area contributed by atoms with E-state index in [9.17, 15) is 9.36 Å². The van der Waals surface area contributed by atoms with Crippen molar-refractivity contribution in [2.24, 2.45) is 11.8 Å². The molecule has 0 aliphatic rings. The first kappa shape index (κ1) is 38.1. The van der Waals surface area contributed by atoms with E-state index in [1.807, 2.05) is 25.2 Å². The van der Waals surface area contributed by atoms with Crippen LogP contribution in [0.4, 0.5) is 0 Å². The first-order chi connectivity index (χ1) is 18.5. The lowest BCUT2D eigenvalue weighted by molar-refractivity contribution is -0.137. The number of rotatable bonds is 23. The number of allylic oxidation sites excluding steroid dienone is 3. The summed E-state index contributed by atoms with van der Waals surface area (Å²) in [4.78, 5) is 13.0. The van der Waals surface area contributed by atoms with Gasteiger partial charge in [-0.25, -0.2) is 0 Å². The molecular weight excluding hydrogens is 535 g/mol. The highest BCUT2D eigenvalue weighted by atomic mass is 31.2. The number of unbranched alkanes of at least 4 members (excludes halogenated alkanes) is 1. The van der Waals surface area contributed by atoms with Gasteiger partial charge < -0.3 is 27.7 Å². The Balaban J connectivity index is 6.47. The van der Waals surface area contributed by atoms with Crippen molar-refractivity contribution in [2.45, 2.75) is 90.8 Å². The second-order valence-electron chi connectivity index (χ2n) is 9.97. The van der Waals surface area contributed by atoms with Gasteiger partial charge >= 0.3 is 7.60 Å². The molecule has 0 amide bonds. The number of hydrogen-bond acceptors (Lipinski definition) is 8. The van der Waals surface area contributed by atoms with E-state index in [2.05, 4.69) is 40.3 Å². The van der Waals surface area contributed by atoms with Gasteiger partial charge in [-0.2, -0.15) is 0 Å². The van der Waals surface area contributed by atoms with Crippen LogP contribution in [0.25, 0.3) is 0 Å². The summed E-state index contributed by atoms with van der Waals surface area (Å²) in [6.45, 7) is 16.4. The van der Waals surface area contributed by atoms with Gasteiger partial charge in [-0.15, -0.1) is 6.58 Å². The molecule has 0 fully saturated rings. The van der Waals surface area contributed by atoms with Crippen LogP contribution in [0.2, 0.25) is 18.1 Å². The van der Waals surface area contributed by atoms with Crippen molar-refractivity contribution in [2.75, 3.05) is 41.4 Å². The third-order valence-corrected chi connectivity index (χ3v) is 14.0. The molecule has 0 aliphatic heterocycles. The molecule has 0 saturated carbocycles. The summed E-state index contributed by atoms with van der Waals surface area (Å²) >= 11 is 0. The SMILES string of the molecule is C=CCC/C=C/[C@H](OC)[C@@H](OCOC)[C@H](C)[C@@H](O[Si](CC)(CC)CC)/C(C)=C/[C@H](C)C(=O)CP(=O)(OC)OC. The third kappa shape index (κ3) is 12.7. The van der Waals surface area contributed by atoms with E-state index in [0.717, 1.165) is 36.5 Å². The molecule has 8 nitrogen and oxygen atoms in total. The fourth-order valence-electron chi connectivity index (χ4n) is 4.64. The van der Waals surface area contributed by atoms with Crippen LogP contribution >= 0.6 is 7.60 Å². The van der Waals surface area contributed by atoms with Crippen LogP contribution in [0.15, 0.2) is 36.5 Å². The highest BCUT2D eigenvalue weighted by molar-refractivity contribution is 7.54. The van der Waals surface area contributed by atoms with Crippen LogP contribution in [-0.2, 0) is 37.0 Å². The van der Waals surface area contributed by atoms with E-state index in [1.54, 1.807) is 21.1 Å². The fourth-order valence-corrected chi connectivity index (χ4v) is 8.65. The Kier molecular flexibility index (Phi) is 19.6. The zero-order valence-corrected chi connectivity index (χ0v) is 28.0. The largest absolute Gasteiger partial charge is 0.410 e. The highest BCUT2D eigenvalue weighted by Gasteiger charge is 2.39. The van der Waals surface area contributed by atoms with Gasteiger partial charge in [0.05, 0.1) is 12.2 Å². The Morgan fingerprint density at radius 3 is 2.05 bits per heavy atom. The molecule has 0 aliphatic carbocycles. The summed E-state index contributed by atoms with van der Waals surface area (Å²) in [6, 6.07) is 2.94. The molecule has 0 aromatic rings. The van der Waals surface area contributed by atoms with Crippen molar-refractivity contribution >= 4 is 21.7 Å². The Morgan fingerprint density at radius 2 is 1.59 bits per heavy atom. The van der Waals surface area contributed by atoms with Crippen LogP contribution in [0.3, 0.4) is 0 Å². The van der Waals surface area contributed by atoms with E-state index in [4.69, 9.17) is 27.7 Å². The zero-order chi connectivity index (χ0) is 30.1. The van der Waals surface area contributed by atoms with Gasteiger partial charge in [-0.3, -0.25) is 9.36 Å². The summed E-state index contributed by atoms with van der Waals surface area (Å²) in [5.41, 5.74) is 0.928. The molecular formula is C29H55O8PSi. The monoisotopic (exact) mass is 590 g/mol. The van der Waals surface area contributed by atoms with Crippen molar-refractivity contribution in [1.82, 2.24) is 0 Å². The maximum Gasteiger partial charge on any atom is 0.337 e. The smallest absolute Gasteiger partial charge is 0.337 e. The molecule has 10 heteroatoms. The van der Waals surface area contributed by atoms with Gasteiger partial charge in [-0.05, 0) is 43.5 Å². The van der Waals surface area contributed by atoms with E-state index in [-0.39, 0.29) is 43.0 Å². The summed E-state index contributed by atoms with van der Waals surface area (Å²) in [6.07, 6.45) is 8.35. The molecule has 0 bridgehead atoms. The average Bonchev–Trinajstić information content (AvgIpc) is 2.94. The molecule has 39 heavy (non-hydrogen) atoms. The Labute approximate surface area is 239 Å². The highest BCUT2D eigenvalue weighted by Crippen LogP contribution is 2.46. The molecule has 0 N–H and O–H groups in total. The van der Waals surface area contributed by atoms with Crippen LogP contribution in [0.1, 0.15) is 54.4 Å². The molecule has 0 spiro atoms. The summed E-state index contributed by atoms with van der Waals surface area (Å²) in [5.74, 6) is -0.851. The number of methoxy groups -OCH3 is 2. The second kappa shape index (κ2) is 20.1. The lowest BCUT2D eigenvalue weighted by Gasteiger charge is -2.40. The summed E-state index contributed by atoms with van der Waals surface area (Å²) < 4.78 is 47.0. The molecule has 0 aromatic carbocycles. The number of ketones is 1. The van der Waals surface area contributed by atoms with E-state index in [0.29, 0.717) is 0 Å². The molecule has 0 saturated heterocycles. The maximum absolute atomic E-state index is 13.0. The molecule has 0 aromatic heterocycles. The van der Waals surface area contributed by atoms with Gasteiger partial charge in [-0.1, -0.05) is 58.9 Å². The van der Waals surface area contributed by atoms with E-state index in [1.165, 1.54) is 14.2 Å². The number of carbonyl (C=O) groups is 1. The Hall–Kier alpha value is -0.903.